The molecule has 4 rings (SSSR count). The van der Waals surface area contributed by atoms with Crippen LogP contribution in [0.3, 0.4) is 0 Å². The molecular weight excluding hydrogens is 421 g/mol. The second kappa shape index (κ2) is 8.43. The Hall–Kier alpha value is -3.12. The zero-order valence-electron chi connectivity index (χ0n) is 17.6. The van der Waals surface area contributed by atoms with Crippen LogP contribution in [-0.4, -0.2) is 55.7 Å². The van der Waals surface area contributed by atoms with Crippen LogP contribution in [0, 0.1) is 22.7 Å². The number of carbonyl (C=O) groups excluding carboxylic acids is 1. The molecular formula is C23H23F3N4O2. The number of halogens is 3. The first-order valence-corrected chi connectivity index (χ1v) is 10.3. The van der Waals surface area contributed by atoms with E-state index >= 15 is 0 Å². The molecule has 0 radical (unpaired) electrons. The molecule has 2 atom stereocenters. The Morgan fingerprint density at radius 3 is 2.69 bits per heavy atom. The molecule has 2 fully saturated rings. The molecule has 0 N–H and O–H groups in total. The number of nitrogens with zero attached hydrogens (tertiary/aromatic N) is 4. The van der Waals surface area contributed by atoms with Crippen molar-refractivity contribution in [2.75, 3.05) is 44.8 Å². The molecule has 2 aromatic rings. The lowest BCUT2D eigenvalue weighted by Gasteiger charge is -2.43. The number of nitriles is 1. The molecule has 1 aromatic carbocycles. The lowest BCUT2D eigenvalue weighted by Crippen LogP contribution is -2.50. The number of rotatable bonds is 4. The summed E-state index contributed by atoms with van der Waals surface area (Å²) in [4.78, 5) is 20.6. The van der Waals surface area contributed by atoms with Gasteiger partial charge in [-0.2, -0.15) is 18.4 Å². The summed E-state index contributed by atoms with van der Waals surface area (Å²) in [5.74, 6) is -0.0263. The van der Waals surface area contributed by atoms with E-state index in [2.05, 4.69) is 4.98 Å². The zero-order valence-corrected chi connectivity index (χ0v) is 17.6. The maximum absolute atomic E-state index is 13.5. The number of alkyl halides is 3. The van der Waals surface area contributed by atoms with Crippen LogP contribution in [0.5, 0.6) is 0 Å². The minimum atomic E-state index is -4.61. The molecule has 2 aliphatic rings. The molecule has 0 unspecified atom stereocenters. The minimum Gasteiger partial charge on any atom is -0.384 e. The molecule has 6 nitrogen and oxygen atoms in total. The molecule has 1 aromatic heterocycles. The van der Waals surface area contributed by atoms with Gasteiger partial charge in [-0.1, -0.05) is 0 Å². The van der Waals surface area contributed by atoms with Gasteiger partial charge in [-0.3, -0.25) is 9.78 Å². The average Bonchev–Trinajstić information content (AvgIpc) is 3.17. The van der Waals surface area contributed by atoms with E-state index in [4.69, 9.17) is 10.00 Å². The van der Waals surface area contributed by atoms with Gasteiger partial charge in [0.2, 0.25) is 0 Å². The molecule has 0 saturated carbocycles. The number of pyridine rings is 1. The van der Waals surface area contributed by atoms with Crippen molar-refractivity contribution in [3.8, 4) is 6.07 Å². The topological polar surface area (TPSA) is 69.5 Å². The van der Waals surface area contributed by atoms with Crippen LogP contribution in [0.4, 0.5) is 18.9 Å². The summed E-state index contributed by atoms with van der Waals surface area (Å²) in [6.07, 6.45) is -0.757. The lowest BCUT2D eigenvalue weighted by molar-refractivity contribution is -0.137. The number of ether oxygens (including phenoxy) is 1. The van der Waals surface area contributed by atoms with Gasteiger partial charge in [0.25, 0.3) is 5.91 Å². The van der Waals surface area contributed by atoms with E-state index in [0.29, 0.717) is 50.5 Å². The normalized spacial score (nSPS) is 23.0. The van der Waals surface area contributed by atoms with Crippen LogP contribution in [0.15, 0.2) is 42.7 Å². The van der Waals surface area contributed by atoms with Crippen LogP contribution in [0.1, 0.15) is 27.9 Å². The second-order valence-electron chi connectivity index (χ2n) is 8.45. The van der Waals surface area contributed by atoms with Gasteiger partial charge < -0.3 is 14.5 Å². The Bertz CT molecular complexity index is 1040. The van der Waals surface area contributed by atoms with Crippen molar-refractivity contribution in [3.05, 3.63) is 59.4 Å². The molecule has 9 heteroatoms. The average molecular weight is 444 g/mol. The third kappa shape index (κ3) is 4.02. The molecule has 0 spiro atoms. The number of piperidine rings is 1. The SMILES string of the molecule is COC[C@@]12CCN(C(=O)c3ccncc3)C[C@@H]1CN(c1ccc(C#N)c(C(F)(F)F)c1)C2. The van der Waals surface area contributed by atoms with Gasteiger partial charge in [-0.25, -0.2) is 0 Å². The molecule has 2 saturated heterocycles. The van der Waals surface area contributed by atoms with Crippen molar-refractivity contribution < 1.29 is 22.7 Å². The van der Waals surface area contributed by atoms with Crippen molar-refractivity contribution >= 4 is 11.6 Å². The van der Waals surface area contributed by atoms with E-state index in [0.717, 1.165) is 6.07 Å². The highest BCUT2D eigenvalue weighted by atomic mass is 19.4. The van der Waals surface area contributed by atoms with E-state index in [1.165, 1.54) is 6.07 Å². The van der Waals surface area contributed by atoms with Crippen LogP contribution >= 0.6 is 0 Å². The third-order valence-corrected chi connectivity index (χ3v) is 6.57. The Morgan fingerprint density at radius 2 is 2.03 bits per heavy atom. The van der Waals surface area contributed by atoms with E-state index in [1.54, 1.807) is 48.7 Å². The predicted molar refractivity (Wildman–Crippen MR) is 111 cm³/mol. The molecule has 0 aliphatic carbocycles. The maximum atomic E-state index is 13.5. The second-order valence-corrected chi connectivity index (χ2v) is 8.45. The predicted octanol–water partition coefficient (Wildman–Crippen LogP) is 3.59. The first-order valence-electron chi connectivity index (χ1n) is 10.3. The van der Waals surface area contributed by atoms with Crippen molar-refractivity contribution in [2.24, 2.45) is 11.3 Å². The van der Waals surface area contributed by atoms with Crippen LogP contribution < -0.4 is 4.90 Å². The van der Waals surface area contributed by atoms with E-state index < -0.39 is 17.3 Å². The Balaban J connectivity index is 1.59. The summed E-state index contributed by atoms with van der Waals surface area (Å²) in [6, 6.07) is 8.81. The maximum Gasteiger partial charge on any atom is 0.417 e. The number of benzene rings is 1. The van der Waals surface area contributed by atoms with Gasteiger partial charge in [0.05, 0.1) is 23.8 Å². The first kappa shape index (κ1) is 22.1. The fourth-order valence-corrected chi connectivity index (χ4v) is 4.93. The van der Waals surface area contributed by atoms with Gasteiger partial charge in [0, 0.05) is 68.3 Å². The van der Waals surface area contributed by atoms with E-state index in [-0.39, 0.29) is 17.2 Å². The van der Waals surface area contributed by atoms with E-state index in [9.17, 15) is 18.0 Å². The number of hydrogen-bond donors (Lipinski definition) is 0. The van der Waals surface area contributed by atoms with Crippen LogP contribution in [-0.2, 0) is 10.9 Å². The number of methoxy groups -OCH3 is 1. The number of fused-ring (bicyclic) bond motifs is 1. The summed E-state index contributed by atoms with van der Waals surface area (Å²) >= 11 is 0. The fourth-order valence-electron chi connectivity index (χ4n) is 4.93. The Labute approximate surface area is 184 Å². The molecule has 32 heavy (non-hydrogen) atoms. The van der Waals surface area contributed by atoms with Crippen LogP contribution in [0.25, 0.3) is 0 Å². The lowest BCUT2D eigenvalue weighted by atomic mass is 9.73. The number of anilines is 1. The van der Waals surface area contributed by atoms with Crippen LogP contribution in [0.2, 0.25) is 0 Å². The smallest absolute Gasteiger partial charge is 0.384 e. The summed E-state index contributed by atoms with van der Waals surface area (Å²) in [5, 5.41) is 9.07. The van der Waals surface area contributed by atoms with Gasteiger partial charge in [0.1, 0.15) is 0 Å². The van der Waals surface area contributed by atoms with Crippen molar-refractivity contribution in [3.63, 3.8) is 0 Å². The fraction of sp³-hybridized carbons (Fsp3) is 0.435. The summed E-state index contributed by atoms with van der Waals surface area (Å²) < 4.78 is 45.9. The number of aromatic nitrogens is 1. The number of hydrogen-bond acceptors (Lipinski definition) is 5. The molecule has 3 heterocycles. The van der Waals surface area contributed by atoms with Crippen molar-refractivity contribution in [1.29, 1.82) is 5.26 Å². The molecule has 0 bridgehead atoms. The Kier molecular flexibility index (Phi) is 5.82. The molecule has 2 aliphatic heterocycles. The Morgan fingerprint density at radius 1 is 1.28 bits per heavy atom. The standard InChI is InChI=1S/C23H23F3N4O2/c1-32-15-22-6-9-29(21(31)16-4-7-28-8-5-16)12-18(22)13-30(14-22)19-3-2-17(11-27)20(10-19)23(24,25)26/h2-5,7-8,10,18H,6,9,12-15H2,1H3/t18-,22+/m1/s1. The molecule has 168 valence electrons. The highest BCUT2D eigenvalue weighted by Gasteiger charge is 2.50. The molecule has 1 amide bonds. The van der Waals surface area contributed by atoms with Crippen molar-refractivity contribution in [2.45, 2.75) is 12.6 Å². The summed E-state index contributed by atoms with van der Waals surface area (Å²) in [5.41, 5.74) is -0.582. The van der Waals surface area contributed by atoms with Gasteiger partial charge in [0.15, 0.2) is 0 Å². The van der Waals surface area contributed by atoms with E-state index in [1.807, 2.05) is 4.90 Å². The third-order valence-electron chi connectivity index (χ3n) is 6.57. The number of carbonyl (C=O) groups is 1. The first-order chi connectivity index (χ1) is 15.3. The van der Waals surface area contributed by atoms with Gasteiger partial charge in [-0.15, -0.1) is 0 Å². The van der Waals surface area contributed by atoms with Crippen molar-refractivity contribution in [1.82, 2.24) is 9.88 Å². The number of likely N-dealkylation sites (tertiary alicyclic amines) is 1. The number of amides is 1. The van der Waals surface area contributed by atoms with Gasteiger partial charge >= 0.3 is 6.18 Å². The zero-order chi connectivity index (χ0) is 22.9. The quantitative estimate of drug-likeness (QED) is 0.721. The van der Waals surface area contributed by atoms with Gasteiger partial charge in [-0.05, 0) is 36.8 Å². The minimum absolute atomic E-state index is 0.0481. The monoisotopic (exact) mass is 444 g/mol. The largest absolute Gasteiger partial charge is 0.417 e. The summed E-state index contributed by atoms with van der Waals surface area (Å²) in [6.45, 7) is 2.56. The summed E-state index contributed by atoms with van der Waals surface area (Å²) in [7, 11) is 1.62. The highest BCUT2D eigenvalue weighted by molar-refractivity contribution is 5.94. The highest BCUT2D eigenvalue weighted by Crippen LogP contribution is 2.45.